The van der Waals surface area contributed by atoms with Gasteiger partial charge < -0.3 is 9.64 Å². The quantitative estimate of drug-likeness (QED) is 0.839. The largest absolute Gasteiger partial charge is 0.497 e. The van der Waals surface area contributed by atoms with Gasteiger partial charge in [-0.15, -0.1) is 0 Å². The second kappa shape index (κ2) is 7.51. The smallest absolute Gasteiger partial charge is 0.274 e. The van der Waals surface area contributed by atoms with Crippen LogP contribution < -0.4 is 10.3 Å². The van der Waals surface area contributed by atoms with E-state index in [0.29, 0.717) is 18.8 Å². The van der Waals surface area contributed by atoms with Crippen molar-refractivity contribution in [3.63, 3.8) is 0 Å². The van der Waals surface area contributed by atoms with Crippen molar-refractivity contribution in [3.05, 3.63) is 58.0 Å². The highest BCUT2D eigenvalue weighted by Crippen LogP contribution is 2.33. The zero-order valence-electron chi connectivity index (χ0n) is 14.6. The van der Waals surface area contributed by atoms with Gasteiger partial charge in [-0.3, -0.25) is 9.59 Å². The first-order valence-electron chi connectivity index (χ1n) is 8.67. The monoisotopic (exact) mass is 341 g/mol. The summed E-state index contributed by atoms with van der Waals surface area (Å²) in [5, 5.41) is 4.25. The lowest BCUT2D eigenvalue weighted by Crippen LogP contribution is -2.33. The number of likely N-dealkylation sites (tertiary alicyclic amines) is 1. The minimum atomic E-state index is -0.175. The molecule has 0 bridgehead atoms. The standard InChI is InChI=1S/C19H23N3O3/c1-3-12-22-18(23)11-10-16(20-22)19(24)21-13-4-5-17(21)14-6-8-15(25-2)9-7-14/h6-11,17H,3-5,12-13H2,1-2H3/t17-/m1/s1. The van der Waals surface area contributed by atoms with Gasteiger partial charge >= 0.3 is 0 Å². The molecule has 6 nitrogen and oxygen atoms in total. The molecule has 3 rings (SSSR count). The van der Waals surface area contributed by atoms with Crippen LogP contribution in [0.3, 0.4) is 0 Å². The van der Waals surface area contributed by atoms with Gasteiger partial charge in [0, 0.05) is 19.2 Å². The van der Waals surface area contributed by atoms with Gasteiger partial charge in [-0.05, 0) is 43.0 Å². The van der Waals surface area contributed by atoms with Crippen molar-refractivity contribution in [3.8, 4) is 5.75 Å². The molecule has 1 atom stereocenters. The number of carbonyl (C=O) groups excluding carboxylic acids is 1. The van der Waals surface area contributed by atoms with E-state index in [1.165, 1.54) is 16.8 Å². The fraction of sp³-hybridized carbons (Fsp3) is 0.421. The van der Waals surface area contributed by atoms with E-state index in [4.69, 9.17) is 4.74 Å². The Morgan fingerprint density at radius 2 is 2.00 bits per heavy atom. The molecule has 1 aromatic carbocycles. The average molecular weight is 341 g/mol. The number of carbonyl (C=O) groups is 1. The zero-order valence-corrected chi connectivity index (χ0v) is 14.6. The van der Waals surface area contributed by atoms with Gasteiger partial charge in [-0.1, -0.05) is 19.1 Å². The number of hydrogen-bond acceptors (Lipinski definition) is 4. The van der Waals surface area contributed by atoms with Gasteiger partial charge in [-0.25, -0.2) is 4.68 Å². The Morgan fingerprint density at radius 1 is 1.24 bits per heavy atom. The number of nitrogens with zero attached hydrogens (tertiary/aromatic N) is 3. The molecule has 1 amide bonds. The van der Waals surface area contributed by atoms with Crippen LogP contribution in [0.15, 0.2) is 41.2 Å². The first kappa shape index (κ1) is 17.2. The molecule has 0 spiro atoms. The van der Waals surface area contributed by atoms with Crippen molar-refractivity contribution in [1.82, 2.24) is 14.7 Å². The molecule has 25 heavy (non-hydrogen) atoms. The molecule has 132 valence electrons. The van der Waals surface area contributed by atoms with Crippen molar-refractivity contribution in [2.24, 2.45) is 0 Å². The Hall–Kier alpha value is -2.63. The van der Waals surface area contributed by atoms with Gasteiger partial charge in [0.15, 0.2) is 0 Å². The van der Waals surface area contributed by atoms with Crippen LogP contribution in [0.4, 0.5) is 0 Å². The summed E-state index contributed by atoms with van der Waals surface area (Å²) in [7, 11) is 1.64. The molecule has 0 radical (unpaired) electrons. The third-order valence-electron chi connectivity index (χ3n) is 4.54. The molecular formula is C19H23N3O3. The molecule has 0 unspecified atom stereocenters. The summed E-state index contributed by atoms with van der Waals surface area (Å²) in [5.41, 5.74) is 1.24. The second-order valence-electron chi connectivity index (χ2n) is 6.21. The maximum atomic E-state index is 12.9. The lowest BCUT2D eigenvalue weighted by molar-refractivity contribution is 0.0726. The summed E-state index contributed by atoms with van der Waals surface area (Å²) in [6, 6.07) is 10.8. The Kier molecular flexibility index (Phi) is 5.16. The Bertz CT molecular complexity index is 798. The van der Waals surface area contributed by atoms with Crippen LogP contribution in [-0.2, 0) is 6.54 Å². The molecule has 0 aliphatic carbocycles. The number of methoxy groups -OCH3 is 1. The maximum absolute atomic E-state index is 12.9. The Labute approximate surface area is 147 Å². The number of aromatic nitrogens is 2. The molecule has 1 aromatic heterocycles. The molecule has 2 heterocycles. The van der Waals surface area contributed by atoms with Crippen LogP contribution in [0.2, 0.25) is 0 Å². The van der Waals surface area contributed by atoms with E-state index < -0.39 is 0 Å². The summed E-state index contributed by atoms with van der Waals surface area (Å²) >= 11 is 0. The second-order valence-corrected chi connectivity index (χ2v) is 6.21. The lowest BCUT2D eigenvalue weighted by atomic mass is 10.0. The fourth-order valence-electron chi connectivity index (χ4n) is 3.26. The number of benzene rings is 1. The van der Waals surface area contributed by atoms with Crippen molar-refractivity contribution in [2.75, 3.05) is 13.7 Å². The van der Waals surface area contributed by atoms with E-state index in [-0.39, 0.29) is 17.5 Å². The first-order valence-corrected chi connectivity index (χ1v) is 8.67. The van der Waals surface area contributed by atoms with Crippen molar-refractivity contribution in [2.45, 2.75) is 38.8 Å². The molecule has 6 heteroatoms. The minimum absolute atomic E-state index is 0.0340. The van der Waals surface area contributed by atoms with E-state index >= 15 is 0 Å². The molecule has 0 saturated carbocycles. The highest BCUT2D eigenvalue weighted by molar-refractivity contribution is 5.92. The molecule has 2 aromatic rings. The van der Waals surface area contributed by atoms with E-state index in [2.05, 4.69) is 5.10 Å². The lowest BCUT2D eigenvalue weighted by Gasteiger charge is -2.25. The van der Waals surface area contributed by atoms with E-state index in [1.54, 1.807) is 7.11 Å². The topological polar surface area (TPSA) is 64.4 Å². The molecule has 0 N–H and O–H groups in total. The van der Waals surface area contributed by atoms with Gasteiger partial charge in [-0.2, -0.15) is 5.10 Å². The van der Waals surface area contributed by atoms with Crippen LogP contribution in [-0.4, -0.2) is 34.2 Å². The molecule has 1 aliphatic rings. The number of amides is 1. The van der Waals surface area contributed by atoms with Crippen molar-refractivity contribution in [1.29, 1.82) is 0 Å². The minimum Gasteiger partial charge on any atom is -0.497 e. The third-order valence-corrected chi connectivity index (χ3v) is 4.54. The average Bonchev–Trinajstić information content (AvgIpc) is 3.13. The van der Waals surface area contributed by atoms with Crippen LogP contribution in [0, 0.1) is 0 Å². The van der Waals surface area contributed by atoms with Crippen LogP contribution >= 0.6 is 0 Å². The van der Waals surface area contributed by atoms with Gasteiger partial charge in [0.25, 0.3) is 11.5 Å². The van der Waals surface area contributed by atoms with Crippen molar-refractivity contribution >= 4 is 5.91 Å². The predicted molar refractivity (Wildman–Crippen MR) is 94.8 cm³/mol. The van der Waals surface area contributed by atoms with E-state index in [0.717, 1.165) is 30.6 Å². The summed E-state index contributed by atoms with van der Waals surface area (Å²) < 4.78 is 6.57. The van der Waals surface area contributed by atoms with Crippen molar-refractivity contribution < 1.29 is 9.53 Å². The third kappa shape index (κ3) is 3.57. The van der Waals surface area contributed by atoms with Crippen LogP contribution in [0.1, 0.15) is 48.3 Å². The predicted octanol–water partition coefficient (Wildman–Crippen LogP) is 2.64. The summed E-state index contributed by atoms with van der Waals surface area (Å²) in [6.45, 7) is 3.19. The maximum Gasteiger partial charge on any atom is 0.274 e. The summed E-state index contributed by atoms with van der Waals surface area (Å²) in [6.07, 6.45) is 2.67. The zero-order chi connectivity index (χ0) is 17.8. The first-order chi connectivity index (χ1) is 12.1. The number of rotatable bonds is 5. The molecule has 1 aliphatic heterocycles. The molecule has 1 saturated heterocycles. The van der Waals surface area contributed by atoms with Gasteiger partial charge in [0.1, 0.15) is 11.4 Å². The van der Waals surface area contributed by atoms with Gasteiger partial charge in [0.2, 0.25) is 0 Å². The number of hydrogen-bond donors (Lipinski definition) is 0. The summed E-state index contributed by atoms with van der Waals surface area (Å²) in [5.74, 6) is 0.677. The highest BCUT2D eigenvalue weighted by atomic mass is 16.5. The van der Waals surface area contributed by atoms with Crippen LogP contribution in [0.25, 0.3) is 0 Å². The van der Waals surface area contributed by atoms with E-state index in [1.807, 2.05) is 36.1 Å². The SMILES string of the molecule is CCCn1nc(C(=O)N2CCC[C@@H]2c2ccc(OC)cc2)ccc1=O. The number of ether oxygens (including phenoxy) is 1. The summed E-state index contributed by atoms with van der Waals surface area (Å²) in [4.78, 5) is 26.6. The Balaban J connectivity index is 1.85. The number of aryl methyl sites for hydroxylation is 1. The normalized spacial score (nSPS) is 16.9. The van der Waals surface area contributed by atoms with E-state index in [9.17, 15) is 9.59 Å². The highest BCUT2D eigenvalue weighted by Gasteiger charge is 2.31. The Morgan fingerprint density at radius 3 is 2.68 bits per heavy atom. The molecular weight excluding hydrogens is 318 g/mol. The van der Waals surface area contributed by atoms with Gasteiger partial charge in [0.05, 0.1) is 13.2 Å². The van der Waals surface area contributed by atoms with Crippen LogP contribution in [0.5, 0.6) is 5.75 Å². The molecule has 1 fully saturated rings. The fourth-order valence-corrected chi connectivity index (χ4v) is 3.26.